The molecule has 0 aliphatic heterocycles. The van der Waals surface area contributed by atoms with Crippen LogP contribution in [0.1, 0.15) is 95.5 Å². The van der Waals surface area contributed by atoms with Crippen molar-refractivity contribution in [2.45, 2.75) is 96.3 Å². The van der Waals surface area contributed by atoms with Gasteiger partial charge < -0.3 is 9.84 Å². The maximum absolute atomic E-state index is 12.7. The van der Waals surface area contributed by atoms with Gasteiger partial charge in [0.1, 0.15) is 5.75 Å². The summed E-state index contributed by atoms with van der Waals surface area (Å²) in [6.45, 7) is 2.21. The molecule has 1 aromatic rings. The molecule has 0 amide bonds. The Balaban J connectivity index is 1.77. The van der Waals surface area contributed by atoms with Gasteiger partial charge in [0, 0.05) is 5.92 Å². The molecular formula is C25H35F3O3. The Morgan fingerprint density at radius 3 is 2.32 bits per heavy atom. The van der Waals surface area contributed by atoms with E-state index < -0.39 is 17.7 Å². The van der Waals surface area contributed by atoms with Crippen molar-refractivity contribution < 1.29 is 27.8 Å². The van der Waals surface area contributed by atoms with Crippen molar-refractivity contribution in [3.8, 4) is 5.75 Å². The lowest BCUT2D eigenvalue weighted by molar-refractivity contribution is -0.274. The Labute approximate surface area is 183 Å². The number of rotatable bonds is 8. The number of aliphatic carboxylic acids is 1. The summed E-state index contributed by atoms with van der Waals surface area (Å²) in [6.07, 6.45) is 7.57. The second kappa shape index (κ2) is 10.3. The average Bonchev–Trinajstić information content (AvgIpc) is 2.74. The third kappa shape index (κ3) is 5.75. The van der Waals surface area contributed by atoms with Gasteiger partial charge in [-0.3, -0.25) is 4.79 Å². The van der Waals surface area contributed by atoms with E-state index in [0.717, 1.165) is 50.5 Å². The Kier molecular flexibility index (Phi) is 7.92. The summed E-state index contributed by atoms with van der Waals surface area (Å²) in [5, 5.41) is 10.4. The summed E-state index contributed by atoms with van der Waals surface area (Å²) in [7, 11) is 0. The van der Waals surface area contributed by atoms with E-state index in [2.05, 4.69) is 11.7 Å². The monoisotopic (exact) mass is 440 g/mol. The lowest BCUT2D eigenvalue weighted by Gasteiger charge is -2.48. The van der Waals surface area contributed by atoms with E-state index in [0.29, 0.717) is 12.3 Å². The van der Waals surface area contributed by atoms with Crippen LogP contribution < -0.4 is 4.74 Å². The number of hydrogen-bond acceptors (Lipinski definition) is 2. The van der Waals surface area contributed by atoms with Crippen molar-refractivity contribution in [2.24, 2.45) is 17.3 Å². The highest BCUT2D eigenvalue weighted by Gasteiger charge is 2.53. The molecule has 0 heterocycles. The largest absolute Gasteiger partial charge is 0.573 e. The van der Waals surface area contributed by atoms with E-state index in [9.17, 15) is 23.1 Å². The van der Waals surface area contributed by atoms with Gasteiger partial charge in [0.25, 0.3) is 0 Å². The lowest BCUT2D eigenvalue weighted by Crippen LogP contribution is -2.47. The number of benzene rings is 1. The van der Waals surface area contributed by atoms with Gasteiger partial charge in [-0.2, -0.15) is 0 Å². The van der Waals surface area contributed by atoms with Crippen LogP contribution in [0, 0.1) is 17.3 Å². The first-order valence-corrected chi connectivity index (χ1v) is 11.9. The summed E-state index contributed by atoms with van der Waals surface area (Å²) >= 11 is 0. The molecule has 2 atom stereocenters. The summed E-state index contributed by atoms with van der Waals surface area (Å²) in [6, 6.07) is 5.89. The van der Waals surface area contributed by atoms with Crippen LogP contribution in [-0.4, -0.2) is 17.4 Å². The van der Waals surface area contributed by atoms with Gasteiger partial charge in [0.15, 0.2) is 0 Å². The smallest absolute Gasteiger partial charge is 0.481 e. The molecule has 2 unspecified atom stereocenters. The molecule has 6 heteroatoms. The molecule has 0 saturated heterocycles. The van der Waals surface area contributed by atoms with Gasteiger partial charge in [0.2, 0.25) is 0 Å². The second-order valence-corrected chi connectivity index (χ2v) is 9.47. The van der Waals surface area contributed by atoms with Crippen LogP contribution in [0.5, 0.6) is 5.75 Å². The minimum absolute atomic E-state index is 0.129. The van der Waals surface area contributed by atoms with E-state index in [1.165, 1.54) is 37.8 Å². The first-order chi connectivity index (χ1) is 14.8. The van der Waals surface area contributed by atoms with Gasteiger partial charge in [-0.05, 0) is 55.2 Å². The summed E-state index contributed by atoms with van der Waals surface area (Å²) in [5.41, 5.74) is 0.000615. The van der Waals surface area contributed by atoms with Gasteiger partial charge in [-0.1, -0.05) is 70.4 Å². The topological polar surface area (TPSA) is 46.5 Å². The molecule has 3 rings (SSSR count). The van der Waals surface area contributed by atoms with Crippen molar-refractivity contribution in [1.82, 2.24) is 0 Å². The normalized spacial score (nSPS) is 29.5. The first-order valence-electron chi connectivity index (χ1n) is 11.9. The van der Waals surface area contributed by atoms with Crippen LogP contribution in [0.2, 0.25) is 0 Å². The number of hydrogen-bond donors (Lipinski definition) is 1. The molecule has 0 radical (unpaired) electrons. The zero-order chi connectivity index (χ0) is 22.5. The van der Waals surface area contributed by atoms with Crippen molar-refractivity contribution >= 4 is 5.97 Å². The summed E-state index contributed by atoms with van der Waals surface area (Å²) in [4.78, 5) is 12.7. The Morgan fingerprint density at radius 2 is 1.74 bits per heavy atom. The third-order valence-electron chi connectivity index (χ3n) is 7.66. The van der Waals surface area contributed by atoms with Crippen molar-refractivity contribution in [3.05, 3.63) is 29.8 Å². The number of alkyl halides is 3. The number of carbonyl (C=O) groups is 1. The summed E-state index contributed by atoms with van der Waals surface area (Å²) < 4.78 is 41.5. The molecular weight excluding hydrogens is 405 g/mol. The predicted molar refractivity (Wildman–Crippen MR) is 114 cm³/mol. The number of carboxylic acids is 1. The standard InChI is InChI=1S/C25H35F3O3/c1-2-3-4-7-18-9-13-20(14-10-18)24(23(29)30)17-6-5-8-22(24)19-11-15-21(16-12-19)31-25(26,27)28/h11-12,15-16,18,20,22H,2-10,13-14,17H2,1H3,(H,29,30). The molecule has 1 N–H and O–H groups in total. The van der Waals surface area contributed by atoms with Crippen LogP contribution >= 0.6 is 0 Å². The van der Waals surface area contributed by atoms with Crippen molar-refractivity contribution in [3.63, 3.8) is 0 Å². The summed E-state index contributed by atoms with van der Waals surface area (Å²) in [5.74, 6) is -0.332. The molecule has 0 spiro atoms. The highest BCUT2D eigenvalue weighted by molar-refractivity contribution is 5.77. The zero-order valence-electron chi connectivity index (χ0n) is 18.4. The molecule has 0 aromatic heterocycles. The molecule has 31 heavy (non-hydrogen) atoms. The van der Waals surface area contributed by atoms with Crippen molar-refractivity contribution in [2.75, 3.05) is 0 Å². The molecule has 2 fully saturated rings. The van der Waals surface area contributed by atoms with E-state index in [1.807, 2.05) is 0 Å². The van der Waals surface area contributed by atoms with Crippen LogP contribution in [0.25, 0.3) is 0 Å². The molecule has 3 nitrogen and oxygen atoms in total. The Bertz CT molecular complexity index is 708. The molecule has 2 aliphatic carbocycles. The Hall–Kier alpha value is -1.72. The quantitative estimate of drug-likeness (QED) is 0.421. The molecule has 2 saturated carbocycles. The maximum Gasteiger partial charge on any atom is 0.573 e. The number of carboxylic acid groups (broad SMARTS) is 1. The fourth-order valence-corrected chi connectivity index (χ4v) is 6.13. The Morgan fingerprint density at radius 1 is 1.06 bits per heavy atom. The highest BCUT2D eigenvalue weighted by Crippen LogP contribution is 2.56. The molecule has 2 aliphatic rings. The minimum atomic E-state index is -4.73. The van der Waals surface area contributed by atoms with Crippen LogP contribution in [-0.2, 0) is 4.79 Å². The zero-order valence-corrected chi connectivity index (χ0v) is 18.4. The first kappa shape index (κ1) is 23.9. The third-order valence-corrected chi connectivity index (χ3v) is 7.66. The molecule has 1 aromatic carbocycles. The maximum atomic E-state index is 12.7. The lowest BCUT2D eigenvalue weighted by atomic mass is 9.54. The molecule has 0 bridgehead atoms. The highest BCUT2D eigenvalue weighted by atomic mass is 19.4. The SMILES string of the molecule is CCCCCC1CCC(C2(C(=O)O)CCCCC2c2ccc(OC(F)(F)F)cc2)CC1. The number of unbranched alkanes of at least 4 members (excludes halogenated alkanes) is 2. The second-order valence-electron chi connectivity index (χ2n) is 9.47. The minimum Gasteiger partial charge on any atom is -0.481 e. The average molecular weight is 441 g/mol. The van der Waals surface area contributed by atoms with E-state index in [-0.39, 0.29) is 17.6 Å². The molecule has 174 valence electrons. The van der Waals surface area contributed by atoms with Crippen LogP contribution in [0.3, 0.4) is 0 Å². The number of ether oxygens (including phenoxy) is 1. The van der Waals surface area contributed by atoms with E-state index >= 15 is 0 Å². The van der Waals surface area contributed by atoms with Crippen LogP contribution in [0.4, 0.5) is 13.2 Å². The van der Waals surface area contributed by atoms with Crippen LogP contribution in [0.15, 0.2) is 24.3 Å². The van der Waals surface area contributed by atoms with Gasteiger partial charge in [0.05, 0.1) is 5.41 Å². The van der Waals surface area contributed by atoms with E-state index in [1.54, 1.807) is 12.1 Å². The number of halogens is 3. The van der Waals surface area contributed by atoms with Gasteiger partial charge in [-0.25, -0.2) is 0 Å². The van der Waals surface area contributed by atoms with E-state index in [4.69, 9.17) is 0 Å². The van der Waals surface area contributed by atoms with Gasteiger partial charge in [-0.15, -0.1) is 13.2 Å². The van der Waals surface area contributed by atoms with Crippen molar-refractivity contribution in [1.29, 1.82) is 0 Å². The fraction of sp³-hybridized carbons (Fsp3) is 0.720. The van der Waals surface area contributed by atoms with Gasteiger partial charge >= 0.3 is 12.3 Å². The fourth-order valence-electron chi connectivity index (χ4n) is 6.13. The predicted octanol–water partition coefficient (Wildman–Crippen LogP) is 7.70.